The molecule has 21 heavy (non-hydrogen) atoms. The van der Waals surface area contributed by atoms with E-state index in [2.05, 4.69) is 16.0 Å². The third-order valence-electron chi connectivity index (χ3n) is 2.16. The van der Waals surface area contributed by atoms with Gasteiger partial charge in [0.1, 0.15) is 11.4 Å². The third kappa shape index (κ3) is 8.09. The van der Waals surface area contributed by atoms with Crippen LogP contribution in [0.25, 0.3) is 0 Å². The van der Waals surface area contributed by atoms with Gasteiger partial charge in [0.15, 0.2) is 5.11 Å². The summed E-state index contributed by atoms with van der Waals surface area (Å²) in [6, 6.07) is 5.99. The number of nitrogens with one attached hydrogen (secondary N) is 3. The molecule has 3 N–H and O–H groups in total. The lowest BCUT2D eigenvalue weighted by Gasteiger charge is -2.19. The molecule has 0 saturated heterocycles. The van der Waals surface area contributed by atoms with Gasteiger partial charge in [-0.25, -0.2) is 9.18 Å². The van der Waals surface area contributed by atoms with Crippen molar-refractivity contribution in [1.82, 2.24) is 10.6 Å². The first-order valence-corrected chi connectivity index (χ1v) is 6.94. The molecule has 0 atom stereocenters. The van der Waals surface area contributed by atoms with Gasteiger partial charge in [-0.2, -0.15) is 0 Å². The maximum Gasteiger partial charge on any atom is 0.407 e. The maximum atomic E-state index is 13.0. The number of benzene rings is 1. The van der Waals surface area contributed by atoms with E-state index >= 15 is 0 Å². The van der Waals surface area contributed by atoms with Crippen LogP contribution >= 0.6 is 12.2 Å². The number of anilines is 1. The second-order valence-corrected chi connectivity index (χ2v) is 5.73. The van der Waals surface area contributed by atoms with Crippen LogP contribution in [-0.2, 0) is 4.74 Å². The summed E-state index contributed by atoms with van der Waals surface area (Å²) in [7, 11) is 0. The number of rotatable bonds is 4. The SMILES string of the molecule is CC(C)(C)OC(=O)NCCNC(=S)Nc1cccc(F)c1. The molecule has 0 spiro atoms. The molecule has 116 valence electrons. The second kappa shape index (κ2) is 7.78. The van der Waals surface area contributed by atoms with Crippen LogP contribution in [0.1, 0.15) is 20.8 Å². The number of halogens is 1. The third-order valence-corrected chi connectivity index (χ3v) is 2.41. The smallest absolute Gasteiger partial charge is 0.407 e. The molecule has 0 aliphatic rings. The van der Waals surface area contributed by atoms with Crippen molar-refractivity contribution in [3.63, 3.8) is 0 Å². The van der Waals surface area contributed by atoms with Crippen LogP contribution < -0.4 is 16.0 Å². The summed E-state index contributed by atoms with van der Waals surface area (Å²) in [5.74, 6) is -0.339. The van der Waals surface area contributed by atoms with Gasteiger partial charge in [-0.3, -0.25) is 0 Å². The van der Waals surface area contributed by atoms with E-state index in [0.717, 1.165) is 0 Å². The van der Waals surface area contributed by atoms with Gasteiger partial charge >= 0.3 is 6.09 Å². The summed E-state index contributed by atoms with van der Waals surface area (Å²) in [5.41, 5.74) is 0.0405. The van der Waals surface area contributed by atoms with Crippen molar-refractivity contribution in [2.75, 3.05) is 18.4 Å². The minimum atomic E-state index is -0.522. The molecule has 1 aromatic rings. The highest BCUT2D eigenvalue weighted by molar-refractivity contribution is 7.80. The summed E-state index contributed by atoms with van der Waals surface area (Å²) in [6.45, 7) is 6.18. The van der Waals surface area contributed by atoms with Crippen molar-refractivity contribution >= 4 is 29.1 Å². The van der Waals surface area contributed by atoms with Crippen LogP contribution in [0.4, 0.5) is 14.9 Å². The van der Waals surface area contributed by atoms with Crippen LogP contribution in [-0.4, -0.2) is 29.9 Å². The van der Waals surface area contributed by atoms with E-state index < -0.39 is 11.7 Å². The lowest BCUT2D eigenvalue weighted by molar-refractivity contribution is 0.0529. The molecule has 1 amide bonds. The van der Waals surface area contributed by atoms with Gasteiger partial charge in [-0.1, -0.05) is 6.07 Å². The largest absolute Gasteiger partial charge is 0.444 e. The van der Waals surface area contributed by atoms with E-state index in [4.69, 9.17) is 17.0 Å². The molecule has 5 nitrogen and oxygen atoms in total. The molecule has 7 heteroatoms. The van der Waals surface area contributed by atoms with Gasteiger partial charge in [-0.15, -0.1) is 0 Å². The quantitative estimate of drug-likeness (QED) is 0.589. The van der Waals surface area contributed by atoms with Gasteiger partial charge in [0, 0.05) is 18.8 Å². The molecule has 1 aromatic carbocycles. The highest BCUT2D eigenvalue weighted by Crippen LogP contribution is 2.08. The zero-order chi connectivity index (χ0) is 15.9. The predicted octanol–water partition coefficient (Wildman–Crippen LogP) is 2.64. The van der Waals surface area contributed by atoms with Gasteiger partial charge in [-0.05, 0) is 51.2 Å². The topological polar surface area (TPSA) is 62.4 Å². The number of amides is 1. The Hall–Kier alpha value is -1.89. The Morgan fingerprint density at radius 1 is 1.29 bits per heavy atom. The number of alkyl carbamates (subject to hydrolysis) is 1. The summed E-state index contributed by atoms with van der Waals surface area (Å²) in [5, 5.41) is 8.69. The zero-order valence-corrected chi connectivity index (χ0v) is 13.1. The Morgan fingerprint density at radius 3 is 2.57 bits per heavy atom. The molecule has 0 bridgehead atoms. The Balaban J connectivity index is 2.21. The monoisotopic (exact) mass is 313 g/mol. The van der Waals surface area contributed by atoms with Crippen LogP contribution in [0.2, 0.25) is 0 Å². The van der Waals surface area contributed by atoms with Gasteiger partial charge < -0.3 is 20.7 Å². The molecular weight excluding hydrogens is 293 g/mol. The lowest BCUT2D eigenvalue weighted by Crippen LogP contribution is -2.39. The van der Waals surface area contributed by atoms with Gasteiger partial charge in [0.05, 0.1) is 0 Å². The lowest BCUT2D eigenvalue weighted by atomic mass is 10.2. The molecule has 0 saturated carbocycles. The standard InChI is InChI=1S/C14H20FN3O2S/c1-14(2,3)20-13(19)17-8-7-16-12(21)18-11-6-4-5-10(15)9-11/h4-6,9H,7-8H2,1-3H3,(H,17,19)(H2,16,18,21). The van der Waals surface area contributed by atoms with Crippen LogP contribution in [0.3, 0.4) is 0 Å². The second-order valence-electron chi connectivity index (χ2n) is 5.32. The molecule has 1 rings (SSSR count). The highest BCUT2D eigenvalue weighted by Gasteiger charge is 2.15. The molecule has 0 fully saturated rings. The minimum Gasteiger partial charge on any atom is -0.444 e. The number of carbonyl (C=O) groups excluding carboxylic acids is 1. The Kier molecular flexibility index (Phi) is 6.36. The first-order valence-electron chi connectivity index (χ1n) is 6.53. The van der Waals surface area contributed by atoms with Gasteiger partial charge in [0.2, 0.25) is 0 Å². The van der Waals surface area contributed by atoms with Gasteiger partial charge in [0.25, 0.3) is 0 Å². The Labute approximate surface area is 129 Å². The summed E-state index contributed by atoms with van der Waals surface area (Å²) >= 11 is 5.06. The van der Waals surface area contributed by atoms with Crippen molar-refractivity contribution in [2.24, 2.45) is 0 Å². The predicted molar refractivity (Wildman–Crippen MR) is 84.9 cm³/mol. The van der Waals surface area contributed by atoms with Crippen molar-refractivity contribution in [3.05, 3.63) is 30.1 Å². The zero-order valence-electron chi connectivity index (χ0n) is 12.3. The van der Waals surface area contributed by atoms with E-state index in [1.54, 1.807) is 32.9 Å². The maximum absolute atomic E-state index is 13.0. The number of hydrogen-bond acceptors (Lipinski definition) is 3. The van der Waals surface area contributed by atoms with Crippen molar-refractivity contribution < 1.29 is 13.9 Å². The van der Waals surface area contributed by atoms with E-state index in [9.17, 15) is 9.18 Å². The van der Waals surface area contributed by atoms with E-state index in [0.29, 0.717) is 23.9 Å². The number of thiocarbonyl (C=S) groups is 1. The number of carbonyl (C=O) groups is 1. The molecule has 0 unspecified atom stereocenters. The molecule has 0 aliphatic carbocycles. The number of ether oxygens (including phenoxy) is 1. The Morgan fingerprint density at radius 2 is 1.95 bits per heavy atom. The first-order chi connectivity index (χ1) is 9.76. The van der Waals surface area contributed by atoms with Crippen LogP contribution in [0, 0.1) is 5.82 Å². The molecule has 0 heterocycles. The average Bonchev–Trinajstić information content (AvgIpc) is 2.32. The fourth-order valence-electron chi connectivity index (χ4n) is 1.40. The van der Waals surface area contributed by atoms with E-state index in [1.807, 2.05) is 0 Å². The normalized spacial score (nSPS) is 10.7. The van der Waals surface area contributed by atoms with Crippen molar-refractivity contribution in [2.45, 2.75) is 26.4 Å². The van der Waals surface area contributed by atoms with Crippen LogP contribution in [0.5, 0.6) is 0 Å². The Bertz CT molecular complexity index is 503. The van der Waals surface area contributed by atoms with Crippen molar-refractivity contribution in [1.29, 1.82) is 0 Å². The van der Waals surface area contributed by atoms with Crippen molar-refractivity contribution in [3.8, 4) is 0 Å². The molecule has 0 aromatic heterocycles. The summed E-state index contributed by atoms with van der Waals surface area (Å²) < 4.78 is 18.1. The van der Waals surface area contributed by atoms with E-state index in [-0.39, 0.29) is 5.82 Å². The first kappa shape index (κ1) is 17.2. The number of hydrogen-bond donors (Lipinski definition) is 3. The average molecular weight is 313 g/mol. The summed E-state index contributed by atoms with van der Waals surface area (Å²) in [6.07, 6.45) is -0.478. The molecular formula is C14H20FN3O2S. The van der Waals surface area contributed by atoms with E-state index in [1.165, 1.54) is 12.1 Å². The minimum absolute atomic E-state index is 0.339. The fourth-order valence-corrected chi connectivity index (χ4v) is 1.62. The molecule has 0 radical (unpaired) electrons. The summed E-state index contributed by atoms with van der Waals surface area (Å²) in [4.78, 5) is 11.4. The fraction of sp³-hybridized carbons (Fsp3) is 0.429. The highest BCUT2D eigenvalue weighted by atomic mass is 32.1. The van der Waals surface area contributed by atoms with Crippen LogP contribution in [0.15, 0.2) is 24.3 Å². The molecule has 0 aliphatic heterocycles.